The van der Waals surface area contributed by atoms with E-state index < -0.39 is 0 Å². The number of thioether (sulfide) groups is 1. The zero-order valence-electron chi connectivity index (χ0n) is 10.3. The fraction of sp³-hybridized carbons (Fsp3) is 0.917. The minimum atomic E-state index is -0.0536. The average Bonchev–Trinajstić information content (AvgIpc) is 2.28. The predicted octanol–water partition coefficient (Wildman–Crippen LogP) is 3.20. The van der Waals surface area contributed by atoms with Crippen LogP contribution in [0.25, 0.3) is 0 Å². The monoisotopic (exact) mass is 307 g/mol. The zero-order valence-corrected chi connectivity index (χ0v) is 12.7. The summed E-state index contributed by atoms with van der Waals surface area (Å²) >= 11 is 5.38. The van der Waals surface area contributed by atoms with Crippen molar-refractivity contribution in [2.24, 2.45) is 5.92 Å². The molecule has 1 amide bonds. The molecule has 2 nitrogen and oxygen atoms in total. The molecule has 0 heterocycles. The molecule has 0 spiro atoms. The molecule has 0 aromatic carbocycles. The molecule has 0 aliphatic heterocycles. The number of hydrogen-bond acceptors (Lipinski definition) is 2. The zero-order chi connectivity index (χ0) is 12.1. The summed E-state index contributed by atoms with van der Waals surface area (Å²) in [6.45, 7) is 4.12. The first kappa shape index (κ1) is 14.4. The normalized spacial score (nSPS) is 27.8. The van der Waals surface area contributed by atoms with Crippen LogP contribution in [0.2, 0.25) is 0 Å². The van der Waals surface area contributed by atoms with E-state index in [2.05, 4.69) is 41.3 Å². The fourth-order valence-electron chi connectivity index (χ4n) is 2.07. The largest absolute Gasteiger partial charge is 0.352 e. The van der Waals surface area contributed by atoms with E-state index in [0.717, 1.165) is 18.1 Å². The van der Waals surface area contributed by atoms with Crippen molar-refractivity contribution in [3.05, 3.63) is 0 Å². The number of carbonyl (C=O) groups excluding carboxylic acids is 1. The Bertz CT molecular complexity index is 235. The van der Waals surface area contributed by atoms with Crippen LogP contribution in [0.3, 0.4) is 0 Å². The van der Waals surface area contributed by atoms with E-state index in [1.54, 1.807) is 0 Å². The van der Waals surface area contributed by atoms with Crippen molar-refractivity contribution in [1.29, 1.82) is 0 Å². The Morgan fingerprint density at radius 1 is 1.44 bits per heavy atom. The molecular weight excluding hydrogens is 286 g/mol. The highest BCUT2D eigenvalue weighted by Crippen LogP contribution is 2.27. The van der Waals surface area contributed by atoms with E-state index in [-0.39, 0.29) is 10.7 Å². The second kappa shape index (κ2) is 6.90. The highest BCUT2D eigenvalue weighted by atomic mass is 79.9. The molecule has 1 aliphatic carbocycles. The molecule has 0 bridgehead atoms. The Hall–Kier alpha value is 0.300. The van der Waals surface area contributed by atoms with E-state index in [1.807, 2.05) is 11.8 Å². The summed E-state index contributed by atoms with van der Waals surface area (Å²) in [5.41, 5.74) is 0. The number of alkyl halides is 1. The molecule has 1 aliphatic rings. The first-order valence-corrected chi connectivity index (χ1v) is 8.22. The van der Waals surface area contributed by atoms with Crippen LogP contribution >= 0.6 is 27.7 Å². The Balaban J connectivity index is 2.38. The van der Waals surface area contributed by atoms with Gasteiger partial charge in [0.1, 0.15) is 0 Å². The van der Waals surface area contributed by atoms with Crippen molar-refractivity contribution in [1.82, 2.24) is 5.32 Å². The molecule has 16 heavy (non-hydrogen) atoms. The number of halogens is 1. The summed E-state index contributed by atoms with van der Waals surface area (Å²) in [4.78, 5) is 11.8. The maximum atomic E-state index is 11.9. The number of hydrogen-bond donors (Lipinski definition) is 1. The molecular formula is C12H22BrNOS. The highest BCUT2D eigenvalue weighted by Gasteiger charge is 2.25. The van der Waals surface area contributed by atoms with Crippen LogP contribution in [0.15, 0.2) is 0 Å². The van der Waals surface area contributed by atoms with Gasteiger partial charge in [0.05, 0.1) is 4.83 Å². The fourth-order valence-corrected chi connectivity index (χ4v) is 3.03. The molecule has 0 aromatic heterocycles. The van der Waals surface area contributed by atoms with E-state index in [4.69, 9.17) is 0 Å². The van der Waals surface area contributed by atoms with Crippen LogP contribution in [0, 0.1) is 5.92 Å². The molecule has 1 fully saturated rings. The first-order chi connectivity index (χ1) is 7.54. The Morgan fingerprint density at radius 2 is 2.12 bits per heavy atom. The van der Waals surface area contributed by atoms with Gasteiger partial charge in [0, 0.05) is 11.3 Å². The third-order valence-corrected chi connectivity index (χ3v) is 5.71. The lowest BCUT2D eigenvalue weighted by molar-refractivity contribution is -0.121. The number of rotatable bonds is 4. The quantitative estimate of drug-likeness (QED) is 0.808. The predicted molar refractivity (Wildman–Crippen MR) is 75.3 cm³/mol. The number of amides is 1. The second-order valence-corrected chi connectivity index (χ2v) is 7.00. The second-order valence-electron chi connectivity index (χ2n) is 4.88. The maximum Gasteiger partial charge on any atom is 0.234 e. The van der Waals surface area contributed by atoms with Gasteiger partial charge in [0.15, 0.2) is 0 Å². The SMILES string of the molecule is CSC1CCCC(NC(=O)C(Br)C(C)C)C1. The van der Waals surface area contributed by atoms with Crippen molar-refractivity contribution in [2.45, 2.75) is 55.6 Å². The average molecular weight is 308 g/mol. The minimum Gasteiger partial charge on any atom is -0.352 e. The van der Waals surface area contributed by atoms with Gasteiger partial charge in [0.2, 0.25) is 5.91 Å². The summed E-state index contributed by atoms with van der Waals surface area (Å²) in [5, 5.41) is 3.89. The van der Waals surface area contributed by atoms with Gasteiger partial charge in [-0.1, -0.05) is 36.2 Å². The number of carbonyl (C=O) groups is 1. The molecule has 3 unspecified atom stereocenters. The van der Waals surface area contributed by atoms with Gasteiger partial charge in [-0.05, 0) is 31.4 Å². The Kier molecular flexibility index (Phi) is 6.19. The molecule has 1 N–H and O–H groups in total. The summed E-state index contributed by atoms with van der Waals surface area (Å²) in [7, 11) is 0. The van der Waals surface area contributed by atoms with Crippen molar-refractivity contribution >= 4 is 33.6 Å². The topological polar surface area (TPSA) is 29.1 Å². The van der Waals surface area contributed by atoms with E-state index in [1.165, 1.54) is 12.8 Å². The van der Waals surface area contributed by atoms with Crippen LogP contribution in [0.1, 0.15) is 39.5 Å². The third kappa shape index (κ3) is 4.28. The smallest absolute Gasteiger partial charge is 0.234 e. The van der Waals surface area contributed by atoms with Gasteiger partial charge in [-0.3, -0.25) is 4.79 Å². The lowest BCUT2D eigenvalue weighted by Gasteiger charge is -2.29. The highest BCUT2D eigenvalue weighted by molar-refractivity contribution is 9.10. The van der Waals surface area contributed by atoms with Gasteiger partial charge in [-0.25, -0.2) is 0 Å². The van der Waals surface area contributed by atoms with E-state index in [0.29, 0.717) is 12.0 Å². The number of nitrogens with one attached hydrogen (secondary N) is 1. The summed E-state index contributed by atoms with van der Waals surface area (Å²) < 4.78 is 0. The molecule has 4 heteroatoms. The van der Waals surface area contributed by atoms with Crippen LogP contribution in [0.4, 0.5) is 0 Å². The van der Waals surface area contributed by atoms with Crippen molar-refractivity contribution < 1.29 is 4.79 Å². The van der Waals surface area contributed by atoms with Gasteiger partial charge < -0.3 is 5.32 Å². The standard InChI is InChI=1S/C12H22BrNOS/c1-8(2)11(13)12(15)14-9-5-4-6-10(7-9)16-3/h8-11H,4-7H2,1-3H3,(H,14,15). The minimum absolute atomic E-state index is 0.0536. The molecule has 0 radical (unpaired) electrons. The summed E-state index contributed by atoms with van der Waals surface area (Å²) in [5.74, 6) is 0.502. The van der Waals surface area contributed by atoms with Crippen LogP contribution in [0.5, 0.6) is 0 Å². The first-order valence-electron chi connectivity index (χ1n) is 6.01. The van der Waals surface area contributed by atoms with Crippen molar-refractivity contribution in [3.63, 3.8) is 0 Å². The molecule has 0 aromatic rings. The van der Waals surface area contributed by atoms with E-state index in [9.17, 15) is 4.79 Å². The van der Waals surface area contributed by atoms with Crippen molar-refractivity contribution in [2.75, 3.05) is 6.26 Å². The van der Waals surface area contributed by atoms with Crippen LogP contribution < -0.4 is 5.32 Å². The lowest BCUT2D eigenvalue weighted by atomic mass is 9.94. The van der Waals surface area contributed by atoms with Gasteiger partial charge >= 0.3 is 0 Å². The lowest BCUT2D eigenvalue weighted by Crippen LogP contribution is -2.43. The third-order valence-electron chi connectivity index (χ3n) is 3.14. The summed E-state index contributed by atoms with van der Waals surface area (Å²) in [6.07, 6.45) is 6.97. The molecule has 1 rings (SSSR count). The van der Waals surface area contributed by atoms with E-state index >= 15 is 0 Å². The molecule has 94 valence electrons. The summed E-state index contributed by atoms with van der Waals surface area (Å²) in [6, 6.07) is 0.387. The van der Waals surface area contributed by atoms with Crippen LogP contribution in [-0.2, 0) is 4.79 Å². The molecule has 3 atom stereocenters. The van der Waals surface area contributed by atoms with Gasteiger partial charge in [-0.15, -0.1) is 0 Å². The molecule has 0 saturated heterocycles. The Labute approximate surface area is 111 Å². The molecule has 1 saturated carbocycles. The van der Waals surface area contributed by atoms with Gasteiger partial charge in [0.25, 0.3) is 0 Å². The van der Waals surface area contributed by atoms with Crippen LogP contribution in [-0.4, -0.2) is 28.3 Å². The van der Waals surface area contributed by atoms with Crippen molar-refractivity contribution in [3.8, 4) is 0 Å². The maximum absolute atomic E-state index is 11.9. The van der Waals surface area contributed by atoms with Gasteiger partial charge in [-0.2, -0.15) is 11.8 Å². The Morgan fingerprint density at radius 3 is 2.69 bits per heavy atom.